The van der Waals surface area contributed by atoms with Crippen molar-refractivity contribution in [1.82, 2.24) is 25.3 Å². The number of nitrogens with two attached hydrogens (primary N) is 1. The van der Waals surface area contributed by atoms with Crippen LogP contribution in [0.3, 0.4) is 0 Å². The minimum Gasteiger partial charge on any atom is -0.464 e. The lowest BCUT2D eigenvalue weighted by molar-refractivity contribution is 0.0592. The zero-order chi connectivity index (χ0) is 12.4. The van der Waals surface area contributed by atoms with Crippen molar-refractivity contribution in [1.29, 1.82) is 0 Å². The summed E-state index contributed by atoms with van der Waals surface area (Å²) in [7, 11) is 1.27. The molecule has 2 aromatic heterocycles. The number of carbonyl (C=O) groups excluding carboxylic acids is 1. The number of hydrogen-bond donors (Lipinski definition) is 1. The molecule has 0 saturated heterocycles. The topological polar surface area (TPSA) is 122 Å². The van der Waals surface area contributed by atoms with Crippen molar-refractivity contribution in [3.8, 4) is 5.82 Å². The predicted octanol–water partition coefficient (Wildman–Crippen LogP) is -0.419. The Labute approximate surface area is 95.5 Å². The zero-order valence-corrected chi connectivity index (χ0v) is 9.25. The molecule has 9 nitrogen and oxygen atoms in total. The van der Waals surface area contributed by atoms with Gasteiger partial charge in [-0.05, 0) is 16.7 Å². The number of anilines is 1. The standard InChI is InChI=1S/C8H10N6O3/c1-3-4-5(8(15)16-2)10-13-14(4)7-6(9)11-17-12-7/h3H2,1-2H3,(H2,9,11). The summed E-state index contributed by atoms with van der Waals surface area (Å²) in [4.78, 5) is 11.4. The summed E-state index contributed by atoms with van der Waals surface area (Å²) in [6, 6.07) is 0. The highest BCUT2D eigenvalue weighted by molar-refractivity contribution is 5.88. The molecular weight excluding hydrogens is 228 g/mol. The van der Waals surface area contributed by atoms with E-state index in [0.29, 0.717) is 12.1 Å². The molecular formula is C8H10N6O3. The van der Waals surface area contributed by atoms with Crippen LogP contribution < -0.4 is 5.73 Å². The summed E-state index contributed by atoms with van der Waals surface area (Å²) in [6.45, 7) is 1.84. The van der Waals surface area contributed by atoms with Crippen LogP contribution in [-0.2, 0) is 11.2 Å². The van der Waals surface area contributed by atoms with Crippen molar-refractivity contribution < 1.29 is 14.2 Å². The quantitative estimate of drug-likeness (QED) is 0.715. The van der Waals surface area contributed by atoms with Gasteiger partial charge in [0.15, 0.2) is 5.69 Å². The average Bonchev–Trinajstić information content (AvgIpc) is 2.93. The second-order valence-corrected chi connectivity index (χ2v) is 3.11. The Bertz CT molecular complexity index is 545. The van der Waals surface area contributed by atoms with Gasteiger partial charge in [0.25, 0.3) is 0 Å². The van der Waals surface area contributed by atoms with Crippen molar-refractivity contribution in [2.45, 2.75) is 13.3 Å². The molecule has 0 spiro atoms. The number of carbonyl (C=O) groups is 1. The number of nitrogen functional groups attached to an aromatic ring is 1. The van der Waals surface area contributed by atoms with E-state index >= 15 is 0 Å². The first-order valence-corrected chi connectivity index (χ1v) is 4.80. The van der Waals surface area contributed by atoms with Crippen molar-refractivity contribution in [3.05, 3.63) is 11.4 Å². The van der Waals surface area contributed by atoms with Crippen molar-refractivity contribution >= 4 is 11.8 Å². The number of esters is 1. The molecule has 0 aliphatic heterocycles. The van der Waals surface area contributed by atoms with Crippen LogP contribution in [0.25, 0.3) is 5.82 Å². The zero-order valence-electron chi connectivity index (χ0n) is 9.25. The summed E-state index contributed by atoms with van der Waals surface area (Å²) in [5.41, 5.74) is 6.19. The number of rotatable bonds is 3. The first-order valence-electron chi connectivity index (χ1n) is 4.80. The van der Waals surface area contributed by atoms with Crippen molar-refractivity contribution in [2.75, 3.05) is 12.8 Å². The summed E-state index contributed by atoms with van der Waals surface area (Å²) in [5.74, 6) is -0.298. The summed E-state index contributed by atoms with van der Waals surface area (Å²) < 4.78 is 10.4. The monoisotopic (exact) mass is 238 g/mol. The van der Waals surface area contributed by atoms with Crippen LogP contribution in [-0.4, -0.2) is 38.4 Å². The van der Waals surface area contributed by atoms with Crippen molar-refractivity contribution in [3.63, 3.8) is 0 Å². The highest BCUT2D eigenvalue weighted by atomic mass is 16.6. The van der Waals surface area contributed by atoms with Gasteiger partial charge in [0.2, 0.25) is 11.6 Å². The van der Waals surface area contributed by atoms with Crippen LogP contribution in [0.15, 0.2) is 4.63 Å². The van der Waals surface area contributed by atoms with Gasteiger partial charge >= 0.3 is 5.97 Å². The van der Waals surface area contributed by atoms with Gasteiger partial charge in [0, 0.05) is 0 Å². The Morgan fingerprint density at radius 3 is 2.82 bits per heavy atom. The van der Waals surface area contributed by atoms with Crippen LogP contribution in [0, 0.1) is 0 Å². The van der Waals surface area contributed by atoms with E-state index in [1.807, 2.05) is 6.92 Å². The lowest BCUT2D eigenvalue weighted by Gasteiger charge is -2.01. The molecule has 0 unspecified atom stereocenters. The van der Waals surface area contributed by atoms with E-state index in [-0.39, 0.29) is 17.3 Å². The molecule has 0 fully saturated rings. The molecule has 2 aromatic rings. The van der Waals surface area contributed by atoms with Crippen LogP contribution >= 0.6 is 0 Å². The Morgan fingerprint density at radius 1 is 1.53 bits per heavy atom. The van der Waals surface area contributed by atoms with E-state index in [4.69, 9.17) is 5.73 Å². The van der Waals surface area contributed by atoms with Gasteiger partial charge in [-0.3, -0.25) is 0 Å². The third kappa shape index (κ3) is 1.71. The van der Waals surface area contributed by atoms with Gasteiger partial charge in [0.05, 0.1) is 12.8 Å². The van der Waals surface area contributed by atoms with Gasteiger partial charge in [0.1, 0.15) is 0 Å². The summed E-state index contributed by atoms with van der Waals surface area (Å²) in [5, 5.41) is 14.5. The minimum atomic E-state index is -0.567. The first-order chi connectivity index (χ1) is 8.19. The number of ether oxygens (including phenoxy) is 1. The number of nitrogens with zero attached hydrogens (tertiary/aromatic N) is 5. The normalized spacial score (nSPS) is 10.5. The fourth-order valence-corrected chi connectivity index (χ4v) is 1.38. The van der Waals surface area contributed by atoms with E-state index in [2.05, 4.69) is 30.0 Å². The van der Waals surface area contributed by atoms with Crippen LogP contribution in [0.5, 0.6) is 0 Å². The molecule has 2 N–H and O–H groups in total. The summed E-state index contributed by atoms with van der Waals surface area (Å²) in [6.07, 6.45) is 0.504. The molecule has 90 valence electrons. The molecule has 0 aromatic carbocycles. The maximum absolute atomic E-state index is 11.4. The van der Waals surface area contributed by atoms with Gasteiger partial charge in [-0.15, -0.1) is 5.10 Å². The Morgan fingerprint density at radius 2 is 2.29 bits per heavy atom. The number of hydrogen-bond acceptors (Lipinski definition) is 8. The molecule has 0 bridgehead atoms. The molecule has 9 heteroatoms. The van der Waals surface area contributed by atoms with E-state index in [9.17, 15) is 4.79 Å². The van der Waals surface area contributed by atoms with Crippen LogP contribution in [0.4, 0.5) is 5.82 Å². The highest BCUT2D eigenvalue weighted by Crippen LogP contribution is 2.16. The lowest BCUT2D eigenvalue weighted by Crippen LogP contribution is -2.09. The van der Waals surface area contributed by atoms with Gasteiger partial charge in [-0.1, -0.05) is 12.1 Å². The van der Waals surface area contributed by atoms with Crippen LogP contribution in [0.2, 0.25) is 0 Å². The fourth-order valence-electron chi connectivity index (χ4n) is 1.38. The molecule has 2 heterocycles. The highest BCUT2D eigenvalue weighted by Gasteiger charge is 2.22. The predicted molar refractivity (Wildman–Crippen MR) is 54.3 cm³/mol. The lowest BCUT2D eigenvalue weighted by atomic mass is 10.2. The Hall–Kier alpha value is -2.45. The van der Waals surface area contributed by atoms with E-state index in [0.717, 1.165) is 0 Å². The second-order valence-electron chi connectivity index (χ2n) is 3.11. The second kappa shape index (κ2) is 4.20. The first kappa shape index (κ1) is 11.0. The molecule has 0 radical (unpaired) electrons. The van der Waals surface area contributed by atoms with E-state index in [1.54, 1.807) is 0 Å². The molecule has 2 rings (SSSR count). The third-order valence-electron chi connectivity index (χ3n) is 2.17. The summed E-state index contributed by atoms with van der Waals surface area (Å²) >= 11 is 0. The average molecular weight is 238 g/mol. The Balaban J connectivity index is 2.53. The van der Waals surface area contributed by atoms with Gasteiger partial charge in [-0.2, -0.15) is 4.68 Å². The van der Waals surface area contributed by atoms with Gasteiger partial charge < -0.3 is 10.5 Å². The number of aromatic nitrogens is 5. The molecule has 0 amide bonds. The van der Waals surface area contributed by atoms with E-state index < -0.39 is 5.97 Å². The maximum atomic E-state index is 11.4. The van der Waals surface area contributed by atoms with Gasteiger partial charge in [-0.25, -0.2) is 9.42 Å². The molecule has 0 aliphatic carbocycles. The molecule has 0 saturated carbocycles. The van der Waals surface area contributed by atoms with Crippen molar-refractivity contribution in [2.24, 2.45) is 0 Å². The minimum absolute atomic E-state index is 0.0704. The third-order valence-corrected chi connectivity index (χ3v) is 2.17. The Kier molecular flexibility index (Phi) is 2.73. The number of methoxy groups -OCH3 is 1. The van der Waals surface area contributed by atoms with E-state index in [1.165, 1.54) is 11.8 Å². The maximum Gasteiger partial charge on any atom is 0.360 e. The SMILES string of the molecule is CCc1c(C(=O)OC)nnn1-c1nonc1N. The van der Waals surface area contributed by atoms with Crippen LogP contribution in [0.1, 0.15) is 23.1 Å². The smallest absolute Gasteiger partial charge is 0.360 e. The molecule has 0 aliphatic rings. The molecule has 17 heavy (non-hydrogen) atoms. The largest absolute Gasteiger partial charge is 0.464 e. The molecule has 0 atom stereocenters. The fraction of sp³-hybridized carbons (Fsp3) is 0.375.